The van der Waals surface area contributed by atoms with Crippen LogP contribution in [0.25, 0.3) is 11.1 Å². The van der Waals surface area contributed by atoms with E-state index in [0.29, 0.717) is 28.1 Å². The Morgan fingerprint density at radius 3 is 2.12 bits per heavy atom. The van der Waals surface area contributed by atoms with Gasteiger partial charge in [0.15, 0.2) is 6.61 Å². The van der Waals surface area contributed by atoms with Crippen LogP contribution in [0.4, 0.5) is 18.9 Å². The zero-order valence-electron chi connectivity index (χ0n) is 17.4. The molecule has 32 heavy (non-hydrogen) atoms. The number of halogens is 3. The fraction of sp³-hybridized carbons (Fsp3) is 0.167. The largest absolute Gasteiger partial charge is 0.484 e. The lowest BCUT2D eigenvalue weighted by Crippen LogP contribution is -2.27. The van der Waals surface area contributed by atoms with Crippen molar-refractivity contribution < 1.29 is 27.5 Å². The van der Waals surface area contributed by atoms with Gasteiger partial charge in [0.05, 0.1) is 5.56 Å². The van der Waals surface area contributed by atoms with Crippen LogP contribution in [0.5, 0.6) is 5.75 Å². The van der Waals surface area contributed by atoms with Gasteiger partial charge in [-0.1, -0.05) is 30.3 Å². The van der Waals surface area contributed by atoms with Crippen molar-refractivity contribution in [2.24, 2.45) is 0 Å². The summed E-state index contributed by atoms with van der Waals surface area (Å²) in [5, 5.41) is 2.76. The molecule has 3 rings (SSSR count). The molecular weight excluding hydrogens is 421 g/mol. The lowest BCUT2D eigenvalue weighted by molar-refractivity contribution is -0.137. The summed E-state index contributed by atoms with van der Waals surface area (Å²) in [5.41, 5.74) is 1.09. The van der Waals surface area contributed by atoms with Gasteiger partial charge in [-0.15, -0.1) is 0 Å². The number of hydrogen-bond donors (Lipinski definition) is 1. The van der Waals surface area contributed by atoms with Crippen LogP contribution in [0.15, 0.2) is 72.8 Å². The minimum absolute atomic E-state index is 0.0980. The second-order valence-electron chi connectivity index (χ2n) is 7.18. The number of nitrogens with one attached hydrogen (secondary N) is 1. The number of nitrogens with zero attached hydrogens (tertiary/aromatic N) is 1. The highest BCUT2D eigenvalue weighted by molar-refractivity contribution is 6.08. The number of carbonyl (C=O) groups excluding carboxylic acids is 2. The topological polar surface area (TPSA) is 58.6 Å². The zero-order chi connectivity index (χ0) is 23.3. The molecular formula is C24H21F3N2O3. The van der Waals surface area contributed by atoms with Crippen LogP contribution in [-0.2, 0) is 11.0 Å². The molecule has 1 N–H and O–H groups in total. The van der Waals surface area contributed by atoms with Gasteiger partial charge in [-0.3, -0.25) is 9.59 Å². The monoisotopic (exact) mass is 442 g/mol. The Morgan fingerprint density at radius 2 is 1.53 bits per heavy atom. The quantitative estimate of drug-likeness (QED) is 0.579. The highest BCUT2D eigenvalue weighted by atomic mass is 19.4. The number of likely N-dealkylation sites (N-methyl/N-ethyl adjacent to an activating group) is 1. The number of alkyl halides is 3. The first-order valence-corrected chi connectivity index (χ1v) is 9.66. The molecule has 0 fully saturated rings. The second-order valence-corrected chi connectivity index (χ2v) is 7.18. The van der Waals surface area contributed by atoms with E-state index in [-0.39, 0.29) is 12.5 Å². The lowest BCUT2D eigenvalue weighted by Gasteiger charge is -2.13. The summed E-state index contributed by atoms with van der Waals surface area (Å²) >= 11 is 0. The first-order valence-electron chi connectivity index (χ1n) is 9.66. The number of carbonyl (C=O) groups is 2. The smallest absolute Gasteiger partial charge is 0.416 e. The Balaban J connectivity index is 1.73. The predicted octanol–water partition coefficient (Wildman–Crippen LogP) is 5.09. The maximum Gasteiger partial charge on any atom is 0.416 e. The van der Waals surface area contributed by atoms with Gasteiger partial charge in [-0.25, -0.2) is 0 Å². The van der Waals surface area contributed by atoms with Crippen LogP contribution >= 0.6 is 0 Å². The molecule has 5 nitrogen and oxygen atoms in total. The average Bonchev–Trinajstić information content (AvgIpc) is 2.77. The van der Waals surface area contributed by atoms with Crippen molar-refractivity contribution in [3.63, 3.8) is 0 Å². The van der Waals surface area contributed by atoms with Crippen LogP contribution in [0.1, 0.15) is 15.9 Å². The van der Waals surface area contributed by atoms with Crippen LogP contribution in [0, 0.1) is 0 Å². The summed E-state index contributed by atoms with van der Waals surface area (Å²) in [6.45, 7) is -0.0980. The molecule has 166 valence electrons. The van der Waals surface area contributed by atoms with Crippen LogP contribution in [0.3, 0.4) is 0 Å². The summed E-state index contributed by atoms with van der Waals surface area (Å²) in [7, 11) is 3.26. The van der Waals surface area contributed by atoms with Gasteiger partial charge in [0.2, 0.25) is 0 Å². The number of ether oxygens (including phenoxy) is 1. The second kappa shape index (κ2) is 9.55. The molecule has 0 saturated carbocycles. The van der Waals surface area contributed by atoms with Crippen molar-refractivity contribution in [3.8, 4) is 16.9 Å². The third-order valence-corrected chi connectivity index (χ3v) is 4.67. The van der Waals surface area contributed by atoms with Crippen LogP contribution < -0.4 is 10.1 Å². The van der Waals surface area contributed by atoms with Crippen molar-refractivity contribution in [2.75, 3.05) is 26.0 Å². The van der Waals surface area contributed by atoms with Gasteiger partial charge in [0, 0.05) is 25.3 Å². The molecule has 0 saturated heterocycles. The van der Waals surface area contributed by atoms with Gasteiger partial charge < -0.3 is 15.0 Å². The van der Waals surface area contributed by atoms with Gasteiger partial charge in [-0.05, 0) is 53.6 Å². The molecule has 0 radical (unpaired) electrons. The van der Waals surface area contributed by atoms with E-state index in [9.17, 15) is 22.8 Å². The number of amides is 2. The maximum absolute atomic E-state index is 12.8. The standard InChI is InChI=1S/C24H21F3N2O3/c1-29(2)22(30)15-32-19-13-11-18(12-14-19)28-23(31)21-6-4-3-5-20(21)16-7-9-17(10-8-16)24(25,26)27/h3-14H,15H2,1-2H3,(H,28,31). The molecule has 0 aromatic heterocycles. The zero-order valence-corrected chi connectivity index (χ0v) is 17.4. The van der Waals surface area contributed by atoms with Crippen molar-refractivity contribution in [3.05, 3.63) is 83.9 Å². The summed E-state index contributed by atoms with van der Waals surface area (Å²) in [6, 6.07) is 17.9. The highest BCUT2D eigenvalue weighted by Crippen LogP contribution is 2.32. The Kier molecular flexibility index (Phi) is 6.82. The van der Waals surface area contributed by atoms with E-state index in [1.165, 1.54) is 17.0 Å². The molecule has 0 spiro atoms. The molecule has 0 atom stereocenters. The van der Waals surface area contributed by atoms with Crippen LogP contribution in [-0.4, -0.2) is 37.4 Å². The highest BCUT2D eigenvalue weighted by Gasteiger charge is 2.30. The summed E-state index contributed by atoms with van der Waals surface area (Å²) in [5.74, 6) is -0.109. The van der Waals surface area contributed by atoms with Crippen molar-refractivity contribution in [2.45, 2.75) is 6.18 Å². The number of hydrogen-bond acceptors (Lipinski definition) is 3. The van der Waals surface area contributed by atoms with Gasteiger partial charge in [0.1, 0.15) is 5.75 Å². The molecule has 3 aromatic rings. The maximum atomic E-state index is 12.8. The molecule has 0 heterocycles. The molecule has 0 unspecified atom stereocenters. The third kappa shape index (κ3) is 5.66. The minimum atomic E-state index is -4.43. The van der Waals surface area contributed by atoms with E-state index in [0.717, 1.165) is 12.1 Å². The number of rotatable bonds is 6. The average molecular weight is 442 g/mol. The van der Waals surface area contributed by atoms with E-state index in [2.05, 4.69) is 5.32 Å². The molecule has 2 amide bonds. The van der Waals surface area contributed by atoms with Gasteiger partial charge >= 0.3 is 6.18 Å². The summed E-state index contributed by atoms with van der Waals surface area (Å²) in [6.07, 6.45) is -4.43. The Morgan fingerprint density at radius 1 is 0.906 bits per heavy atom. The van der Waals surface area contributed by atoms with Crippen LogP contribution in [0.2, 0.25) is 0 Å². The number of benzene rings is 3. The molecule has 3 aromatic carbocycles. The van der Waals surface area contributed by atoms with E-state index < -0.39 is 17.6 Å². The van der Waals surface area contributed by atoms with Crippen molar-refractivity contribution >= 4 is 17.5 Å². The molecule has 0 aliphatic carbocycles. The SMILES string of the molecule is CN(C)C(=O)COc1ccc(NC(=O)c2ccccc2-c2ccc(C(F)(F)F)cc2)cc1. The molecule has 0 aliphatic rings. The van der Waals surface area contributed by atoms with Crippen molar-refractivity contribution in [1.82, 2.24) is 4.90 Å². The molecule has 0 bridgehead atoms. The van der Waals surface area contributed by atoms with E-state index >= 15 is 0 Å². The Labute approximate surface area is 183 Å². The normalized spacial score (nSPS) is 11.0. The molecule has 8 heteroatoms. The third-order valence-electron chi connectivity index (χ3n) is 4.67. The Bertz CT molecular complexity index is 1090. The fourth-order valence-electron chi connectivity index (χ4n) is 2.88. The van der Waals surface area contributed by atoms with Gasteiger partial charge in [-0.2, -0.15) is 13.2 Å². The van der Waals surface area contributed by atoms with Crippen molar-refractivity contribution in [1.29, 1.82) is 0 Å². The van der Waals surface area contributed by atoms with Gasteiger partial charge in [0.25, 0.3) is 11.8 Å². The first kappa shape index (κ1) is 22.9. The minimum Gasteiger partial charge on any atom is -0.484 e. The first-order chi connectivity index (χ1) is 15.1. The van der Waals surface area contributed by atoms with E-state index in [1.54, 1.807) is 62.6 Å². The lowest BCUT2D eigenvalue weighted by atomic mass is 9.98. The number of anilines is 1. The fourth-order valence-corrected chi connectivity index (χ4v) is 2.88. The van der Waals surface area contributed by atoms with E-state index in [1.807, 2.05) is 0 Å². The predicted molar refractivity (Wildman–Crippen MR) is 115 cm³/mol. The van der Waals surface area contributed by atoms with E-state index in [4.69, 9.17) is 4.74 Å². The summed E-state index contributed by atoms with van der Waals surface area (Å²) in [4.78, 5) is 25.8. The molecule has 0 aliphatic heterocycles. The summed E-state index contributed by atoms with van der Waals surface area (Å²) < 4.78 is 43.9. The Hall–Kier alpha value is -3.81.